The summed E-state index contributed by atoms with van der Waals surface area (Å²) in [5.74, 6) is -1.78. The molecule has 1 aliphatic rings. The summed E-state index contributed by atoms with van der Waals surface area (Å²) in [6.07, 6.45) is 2.87. The molecule has 3 rings (SSSR count). The van der Waals surface area contributed by atoms with Gasteiger partial charge in [0.1, 0.15) is 18.0 Å². The summed E-state index contributed by atoms with van der Waals surface area (Å²) in [4.78, 5) is 38.1. The average Bonchev–Trinajstić information content (AvgIpc) is 2.72. The Morgan fingerprint density at radius 2 is 1.94 bits per heavy atom. The van der Waals surface area contributed by atoms with E-state index < -0.39 is 23.7 Å². The predicted octanol–water partition coefficient (Wildman–Crippen LogP) is 4.22. The molecule has 9 heteroatoms. The summed E-state index contributed by atoms with van der Waals surface area (Å²) in [7, 11) is 0. The van der Waals surface area contributed by atoms with Crippen LogP contribution in [0.4, 0.5) is 14.9 Å². The number of nitrogens with one attached hydrogen (secondary N) is 1. The number of imide groups is 2. The van der Waals surface area contributed by atoms with Crippen molar-refractivity contribution in [2.24, 2.45) is 0 Å². The molecule has 0 spiro atoms. The van der Waals surface area contributed by atoms with Crippen molar-refractivity contribution in [3.05, 3.63) is 70.5 Å². The van der Waals surface area contributed by atoms with E-state index in [1.54, 1.807) is 25.1 Å². The number of carbonyl (C=O) groups excluding carboxylic acids is 3. The number of urea groups is 1. The van der Waals surface area contributed by atoms with E-state index in [1.807, 2.05) is 0 Å². The van der Waals surface area contributed by atoms with Crippen LogP contribution in [0, 0.1) is 5.82 Å². The highest BCUT2D eigenvalue weighted by Crippen LogP contribution is 2.38. The molecular weight excluding hydrogens is 471 g/mol. The minimum atomic E-state index is -1.03. The Morgan fingerprint density at radius 3 is 2.61 bits per heavy atom. The van der Waals surface area contributed by atoms with E-state index in [-0.39, 0.29) is 17.9 Å². The number of hydrogen-bond acceptors (Lipinski definition) is 5. The van der Waals surface area contributed by atoms with Gasteiger partial charge in [0.2, 0.25) is 0 Å². The zero-order valence-electron chi connectivity index (χ0n) is 16.5. The Hall–Kier alpha value is -3.46. The van der Waals surface area contributed by atoms with Crippen LogP contribution in [0.25, 0.3) is 6.08 Å². The first-order valence-electron chi connectivity index (χ1n) is 9.23. The third-order valence-corrected chi connectivity index (χ3v) is 4.77. The standard InChI is InChI=1S/C22H18BrFN2O5/c1-3-9-31-19-15(23)11-13(12-18(19)30-4-2)10-14-20(27)25-22(29)26(21(14)28)17-8-6-5-7-16(17)24/h3,5-8,10-12H,1,4,9H2,2H3,(H,25,27,29). The van der Waals surface area contributed by atoms with E-state index in [9.17, 15) is 18.8 Å². The minimum Gasteiger partial charge on any atom is -0.490 e. The number of rotatable bonds is 7. The van der Waals surface area contributed by atoms with Crippen LogP contribution in [-0.2, 0) is 9.59 Å². The zero-order valence-corrected chi connectivity index (χ0v) is 18.1. The van der Waals surface area contributed by atoms with Crippen molar-refractivity contribution in [3.8, 4) is 11.5 Å². The number of barbiturate groups is 1. The molecule has 0 unspecified atom stereocenters. The number of hydrogen-bond donors (Lipinski definition) is 1. The summed E-state index contributed by atoms with van der Waals surface area (Å²) in [5, 5.41) is 2.06. The second-order valence-electron chi connectivity index (χ2n) is 6.27. The fraction of sp³-hybridized carbons (Fsp3) is 0.136. The lowest BCUT2D eigenvalue weighted by molar-refractivity contribution is -0.122. The quantitative estimate of drug-likeness (QED) is 0.358. The summed E-state index contributed by atoms with van der Waals surface area (Å²) in [5.41, 5.74) is -0.160. The van der Waals surface area contributed by atoms with Gasteiger partial charge in [0.25, 0.3) is 11.8 Å². The van der Waals surface area contributed by atoms with Gasteiger partial charge in [-0.15, -0.1) is 0 Å². The third kappa shape index (κ3) is 4.66. The molecule has 160 valence electrons. The fourth-order valence-electron chi connectivity index (χ4n) is 2.89. The van der Waals surface area contributed by atoms with Gasteiger partial charge in [-0.05, 0) is 58.8 Å². The monoisotopic (exact) mass is 488 g/mol. The lowest BCUT2D eigenvalue weighted by Gasteiger charge is -2.26. The molecule has 1 aliphatic heterocycles. The molecule has 0 saturated carbocycles. The minimum absolute atomic E-state index is 0.250. The van der Waals surface area contributed by atoms with Gasteiger partial charge in [0, 0.05) is 0 Å². The van der Waals surface area contributed by atoms with Crippen molar-refractivity contribution >= 4 is 45.5 Å². The van der Waals surface area contributed by atoms with E-state index >= 15 is 0 Å². The van der Waals surface area contributed by atoms with Gasteiger partial charge in [0.05, 0.1) is 16.8 Å². The number of ether oxygens (including phenoxy) is 2. The molecular formula is C22H18BrFN2O5. The average molecular weight is 489 g/mol. The normalized spacial score (nSPS) is 15.1. The van der Waals surface area contributed by atoms with Crippen molar-refractivity contribution in [1.29, 1.82) is 0 Å². The predicted molar refractivity (Wildman–Crippen MR) is 116 cm³/mol. The van der Waals surface area contributed by atoms with E-state index in [2.05, 4.69) is 27.8 Å². The highest BCUT2D eigenvalue weighted by molar-refractivity contribution is 9.10. The van der Waals surface area contributed by atoms with Gasteiger partial charge in [-0.25, -0.2) is 14.1 Å². The van der Waals surface area contributed by atoms with Gasteiger partial charge in [-0.3, -0.25) is 14.9 Å². The largest absolute Gasteiger partial charge is 0.490 e. The molecule has 0 radical (unpaired) electrons. The van der Waals surface area contributed by atoms with Gasteiger partial charge in [-0.2, -0.15) is 0 Å². The first-order valence-corrected chi connectivity index (χ1v) is 10.0. The van der Waals surface area contributed by atoms with Gasteiger partial charge < -0.3 is 9.47 Å². The Bertz CT molecular complexity index is 1100. The Balaban J connectivity index is 2.04. The topological polar surface area (TPSA) is 84.9 Å². The molecule has 0 bridgehead atoms. The molecule has 7 nitrogen and oxygen atoms in total. The van der Waals surface area contributed by atoms with Crippen LogP contribution in [0.5, 0.6) is 11.5 Å². The van der Waals surface area contributed by atoms with Crippen molar-refractivity contribution in [2.75, 3.05) is 18.1 Å². The smallest absolute Gasteiger partial charge is 0.336 e. The number of para-hydroxylation sites is 1. The molecule has 2 aromatic carbocycles. The van der Waals surface area contributed by atoms with Crippen molar-refractivity contribution in [2.45, 2.75) is 6.92 Å². The molecule has 4 amide bonds. The third-order valence-electron chi connectivity index (χ3n) is 4.18. The van der Waals surface area contributed by atoms with Crippen LogP contribution in [0.3, 0.4) is 0 Å². The Labute approximate surface area is 186 Å². The summed E-state index contributed by atoms with van der Waals surface area (Å²) >= 11 is 3.39. The highest BCUT2D eigenvalue weighted by Gasteiger charge is 2.38. The molecule has 1 N–H and O–H groups in total. The number of halogens is 2. The van der Waals surface area contributed by atoms with Crippen molar-refractivity contribution in [1.82, 2.24) is 5.32 Å². The molecule has 2 aromatic rings. The lowest BCUT2D eigenvalue weighted by atomic mass is 10.1. The molecule has 0 aromatic heterocycles. The maximum Gasteiger partial charge on any atom is 0.336 e. The van der Waals surface area contributed by atoms with Crippen LogP contribution >= 0.6 is 15.9 Å². The van der Waals surface area contributed by atoms with Crippen LogP contribution in [0.2, 0.25) is 0 Å². The van der Waals surface area contributed by atoms with Crippen LogP contribution < -0.4 is 19.7 Å². The maximum absolute atomic E-state index is 14.2. The summed E-state index contributed by atoms with van der Waals surface area (Å²) < 4.78 is 25.9. The van der Waals surface area contributed by atoms with Crippen molar-refractivity contribution in [3.63, 3.8) is 0 Å². The molecule has 1 fully saturated rings. The van der Waals surface area contributed by atoms with Crippen LogP contribution in [0.15, 0.2) is 59.1 Å². The zero-order chi connectivity index (χ0) is 22.5. The van der Waals surface area contributed by atoms with E-state index in [0.717, 1.165) is 6.07 Å². The first-order chi connectivity index (χ1) is 14.9. The van der Waals surface area contributed by atoms with Crippen LogP contribution in [0.1, 0.15) is 12.5 Å². The second kappa shape index (κ2) is 9.57. The van der Waals surface area contributed by atoms with Crippen molar-refractivity contribution < 1.29 is 28.2 Å². The number of nitrogens with zero attached hydrogens (tertiary/aromatic N) is 1. The van der Waals surface area contributed by atoms with E-state index in [1.165, 1.54) is 24.3 Å². The van der Waals surface area contributed by atoms with E-state index in [4.69, 9.17) is 9.47 Å². The second-order valence-corrected chi connectivity index (χ2v) is 7.13. The van der Waals surface area contributed by atoms with Crippen LogP contribution in [-0.4, -0.2) is 31.1 Å². The van der Waals surface area contributed by atoms with Gasteiger partial charge in [0.15, 0.2) is 11.5 Å². The number of amides is 4. The number of anilines is 1. The summed E-state index contributed by atoms with van der Waals surface area (Å²) in [6, 6.07) is 7.48. The Kier molecular flexibility index (Phi) is 6.86. The maximum atomic E-state index is 14.2. The number of carbonyl (C=O) groups is 3. The SMILES string of the molecule is C=CCOc1c(Br)cc(C=C2C(=O)NC(=O)N(c3ccccc3F)C2=O)cc1OCC. The lowest BCUT2D eigenvalue weighted by Crippen LogP contribution is -2.54. The summed E-state index contributed by atoms with van der Waals surface area (Å²) in [6.45, 7) is 6.01. The Morgan fingerprint density at radius 1 is 1.19 bits per heavy atom. The highest BCUT2D eigenvalue weighted by atomic mass is 79.9. The molecule has 0 atom stereocenters. The number of benzene rings is 2. The fourth-order valence-corrected chi connectivity index (χ4v) is 3.47. The molecule has 1 saturated heterocycles. The first kappa shape index (κ1) is 22.2. The van der Waals surface area contributed by atoms with Gasteiger partial charge in [-0.1, -0.05) is 24.8 Å². The van der Waals surface area contributed by atoms with E-state index in [0.29, 0.717) is 33.0 Å². The molecule has 1 heterocycles. The molecule has 0 aliphatic carbocycles. The molecule has 31 heavy (non-hydrogen) atoms. The van der Waals surface area contributed by atoms with Gasteiger partial charge >= 0.3 is 6.03 Å².